The Bertz CT molecular complexity index is 867. The van der Waals surface area contributed by atoms with Gasteiger partial charge >= 0.3 is 5.97 Å². The highest BCUT2D eigenvalue weighted by Crippen LogP contribution is 2.24. The number of nitrogens with one attached hydrogen (secondary N) is 1. The van der Waals surface area contributed by atoms with E-state index in [0.29, 0.717) is 15.6 Å². The molecule has 5 nitrogen and oxygen atoms in total. The number of sulfonamides is 1. The maximum Gasteiger partial charge on any atom is 0.335 e. The van der Waals surface area contributed by atoms with Gasteiger partial charge in [-0.3, -0.25) is 0 Å². The molecule has 2 aromatic rings. The average Bonchev–Trinajstić information content (AvgIpc) is 2.50. The van der Waals surface area contributed by atoms with Crippen LogP contribution in [0.2, 0.25) is 10.0 Å². The first kappa shape index (κ1) is 18.7. The summed E-state index contributed by atoms with van der Waals surface area (Å²) in [5, 5.41) is 9.66. The molecule has 0 bridgehead atoms. The topological polar surface area (TPSA) is 83.5 Å². The molecular formula is C15H12Cl2FNO4S. The number of benzene rings is 2. The van der Waals surface area contributed by atoms with E-state index in [0.717, 1.165) is 18.2 Å². The minimum absolute atomic E-state index is 0.0808. The van der Waals surface area contributed by atoms with E-state index in [1.807, 2.05) is 0 Å². The number of carboxylic acids is 1. The SMILES string of the molecule is O=C(O)c1ccc(F)c(S(=O)(=O)NCCc2c(Cl)cccc2Cl)c1. The van der Waals surface area contributed by atoms with E-state index in [-0.39, 0.29) is 18.5 Å². The van der Waals surface area contributed by atoms with Crippen LogP contribution in [0.25, 0.3) is 0 Å². The largest absolute Gasteiger partial charge is 0.478 e. The summed E-state index contributed by atoms with van der Waals surface area (Å²) in [4.78, 5) is 10.2. The third-order valence-corrected chi connectivity index (χ3v) is 5.38. The molecule has 2 rings (SSSR count). The molecule has 0 fully saturated rings. The van der Waals surface area contributed by atoms with Crippen molar-refractivity contribution in [1.82, 2.24) is 4.72 Å². The number of carboxylic acid groups (broad SMARTS) is 1. The monoisotopic (exact) mass is 391 g/mol. The summed E-state index contributed by atoms with van der Waals surface area (Å²) >= 11 is 12.0. The van der Waals surface area contributed by atoms with Gasteiger partial charge in [0.2, 0.25) is 10.0 Å². The molecule has 0 spiro atoms. The van der Waals surface area contributed by atoms with Crippen molar-refractivity contribution in [2.75, 3.05) is 6.54 Å². The summed E-state index contributed by atoms with van der Waals surface area (Å²) in [6, 6.07) is 7.44. The van der Waals surface area contributed by atoms with Crippen molar-refractivity contribution in [2.45, 2.75) is 11.3 Å². The second-order valence-electron chi connectivity index (χ2n) is 4.80. The van der Waals surface area contributed by atoms with E-state index < -0.39 is 26.7 Å². The molecule has 24 heavy (non-hydrogen) atoms. The average molecular weight is 392 g/mol. The van der Waals surface area contributed by atoms with Crippen LogP contribution in [0.4, 0.5) is 4.39 Å². The van der Waals surface area contributed by atoms with Crippen molar-refractivity contribution in [2.24, 2.45) is 0 Å². The van der Waals surface area contributed by atoms with Crippen LogP contribution >= 0.6 is 23.2 Å². The lowest BCUT2D eigenvalue weighted by molar-refractivity contribution is 0.0696. The maximum atomic E-state index is 13.8. The molecule has 9 heteroatoms. The summed E-state index contributed by atoms with van der Waals surface area (Å²) in [6.45, 7) is -0.0808. The van der Waals surface area contributed by atoms with Crippen molar-refractivity contribution in [3.05, 3.63) is 63.4 Å². The van der Waals surface area contributed by atoms with Crippen LogP contribution in [0, 0.1) is 5.82 Å². The van der Waals surface area contributed by atoms with Gasteiger partial charge in [0.05, 0.1) is 5.56 Å². The maximum absolute atomic E-state index is 13.8. The molecule has 128 valence electrons. The Morgan fingerprint density at radius 1 is 1.17 bits per heavy atom. The van der Waals surface area contributed by atoms with E-state index in [4.69, 9.17) is 28.3 Å². The van der Waals surface area contributed by atoms with Crippen molar-refractivity contribution >= 4 is 39.2 Å². The molecule has 0 amide bonds. The van der Waals surface area contributed by atoms with Gasteiger partial charge in [-0.1, -0.05) is 29.3 Å². The Balaban J connectivity index is 2.18. The lowest BCUT2D eigenvalue weighted by Crippen LogP contribution is -2.27. The molecule has 2 aromatic carbocycles. The molecule has 0 aromatic heterocycles. The fraction of sp³-hybridized carbons (Fsp3) is 0.133. The van der Waals surface area contributed by atoms with Crippen molar-refractivity contribution in [1.29, 1.82) is 0 Å². The second kappa shape index (κ2) is 7.48. The molecule has 0 aliphatic heterocycles. The molecule has 0 saturated heterocycles. The molecule has 0 aliphatic carbocycles. The first-order chi connectivity index (χ1) is 11.2. The van der Waals surface area contributed by atoms with Gasteiger partial charge in [-0.05, 0) is 42.3 Å². The highest BCUT2D eigenvalue weighted by Gasteiger charge is 2.21. The highest BCUT2D eigenvalue weighted by molar-refractivity contribution is 7.89. The third kappa shape index (κ3) is 4.24. The Morgan fingerprint density at radius 2 is 1.79 bits per heavy atom. The summed E-state index contributed by atoms with van der Waals surface area (Å²) in [5.74, 6) is -2.39. The van der Waals surface area contributed by atoms with Gasteiger partial charge < -0.3 is 5.11 Å². The number of hydrogen-bond donors (Lipinski definition) is 2. The molecular weight excluding hydrogens is 380 g/mol. The normalized spacial score (nSPS) is 11.5. The van der Waals surface area contributed by atoms with Crippen LogP contribution in [0.5, 0.6) is 0 Å². The molecule has 0 atom stereocenters. The summed E-state index contributed by atoms with van der Waals surface area (Å²) in [6.07, 6.45) is 0.192. The number of halogens is 3. The number of hydrogen-bond acceptors (Lipinski definition) is 3. The van der Waals surface area contributed by atoms with E-state index in [9.17, 15) is 17.6 Å². The number of carbonyl (C=O) groups is 1. The van der Waals surface area contributed by atoms with Crippen LogP contribution in [0.15, 0.2) is 41.3 Å². The Morgan fingerprint density at radius 3 is 2.38 bits per heavy atom. The minimum Gasteiger partial charge on any atom is -0.478 e. The fourth-order valence-electron chi connectivity index (χ4n) is 2.00. The van der Waals surface area contributed by atoms with Gasteiger partial charge in [0, 0.05) is 16.6 Å². The van der Waals surface area contributed by atoms with Crippen LogP contribution < -0.4 is 4.72 Å². The Kier molecular flexibility index (Phi) is 5.82. The summed E-state index contributed by atoms with van der Waals surface area (Å²) in [7, 11) is -4.22. The van der Waals surface area contributed by atoms with Crippen LogP contribution in [-0.2, 0) is 16.4 Å². The van der Waals surface area contributed by atoms with Gasteiger partial charge in [0.25, 0.3) is 0 Å². The van der Waals surface area contributed by atoms with Gasteiger partial charge in [-0.2, -0.15) is 0 Å². The van der Waals surface area contributed by atoms with Crippen LogP contribution in [0.1, 0.15) is 15.9 Å². The third-order valence-electron chi connectivity index (χ3n) is 3.20. The number of aromatic carboxylic acids is 1. The van der Waals surface area contributed by atoms with Crippen molar-refractivity contribution < 1.29 is 22.7 Å². The van der Waals surface area contributed by atoms with E-state index in [1.54, 1.807) is 18.2 Å². The predicted octanol–water partition coefficient (Wildman–Crippen LogP) is 3.35. The van der Waals surface area contributed by atoms with Gasteiger partial charge in [0.1, 0.15) is 10.7 Å². The second-order valence-corrected chi connectivity index (χ2v) is 7.35. The van der Waals surface area contributed by atoms with Gasteiger partial charge in [-0.25, -0.2) is 22.3 Å². The smallest absolute Gasteiger partial charge is 0.335 e. The molecule has 0 saturated carbocycles. The van der Waals surface area contributed by atoms with Crippen LogP contribution in [0.3, 0.4) is 0 Å². The van der Waals surface area contributed by atoms with Crippen LogP contribution in [-0.4, -0.2) is 26.0 Å². The first-order valence-corrected chi connectivity index (χ1v) is 8.91. The number of rotatable bonds is 6. The fourth-order valence-corrected chi connectivity index (χ4v) is 3.72. The molecule has 0 heterocycles. The summed E-state index contributed by atoms with van der Waals surface area (Å²) < 4.78 is 40.3. The zero-order valence-corrected chi connectivity index (χ0v) is 14.4. The van der Waals surface area contributed by atoms with Crippen molar-refractivity contribution in [3.63, 3.8) is 0 Å². The zero-order chi connectivity index (χ0) is 17.9. The molecule has 2 N–H and O–H groups in total. The van der Waals surface area contributed by atoms with E-state index in [2.05, 4.69) is 4.72 Å². The Labute approximate surface area is 148 Å². The van der Waals surface area contributed by atoms with Gasteiger partial charge in [0.15, 0.2) is 0 Å². The minimum atomic E-state index is -4.22. The quantitative estimate of drug-likeness (QED) is 0.790. The predicted molar refractivity (Wildman–Crippen MR) is 88.7 cm³/mol. The van der Waals surface area contributed by atoms with Gasteiger partial charge in [-0.15, -0.1) is 0 Å². The lowest BCUT2D eigenvalue weighted by Gasteiger charge is -2.10. The molecule has 0 unspecified atom stereocenters. The lowest BCUT2D eigenvalue weighted by atomic mass is 10.1. The molecule has 0 aliphatic rings. The Hall–Kier alpha value is -1.67. The highest BCUT2D eigenvalue weighted by atomic mass is 35.5. The standard InChI is InChI=1S/C15H12Cl2FNO4S/c16-11-2-1-3-12(17)10(11)6-7-19-24(22,23)14-8-9(15(20)21)4-5-13(14)18/h1-5,8,19H,6-7H2,(H,20,21). The zero-order valence-electron chi connectivity index (χ0n) is 12.1. The molecule has 0 radical (unpaired) electrons. The van der Waals surface area contributed by atoms with E-state index >= 15 is 0 Å². The summed E-state index contributed by atoms with van der Waals surface area (Å²) in [5.41, 5.74) is 0.231. The van der Waals surface area contributed by atoms with Crippen molar-refractivity contribution in [3.8, 4) is 0 Å². The van der Waals surface area contributed by atoms with E-state index in [1.165, 1.54) is 0 Å². The first-order valence-electron chi connectivity index (χ1n) is 6.68.